The second-order valence-corrected chi connectivity index (χ2v) is 4.83. The van der Waals surface area contributed by atoms with Crippen LogP contribution in [0.15, 0.2) is 24.3 Å². The summed E-state index contributed by atoms with van der Waals surface area (Å²) in [4.78, 5) is 14.7. The number of hydrogen-bond donors (Lipinski definition) is 1. The second-order valence-electron chi connectivity index (χ2n) is 4.83. The van der Waals surface area contributed by atoms with E-state index in [4.69, 9.17) is 4.74 Å². The topological polar surface area (TPSA) is 77.3 Å². The highest BCUT2D eigenvalue weighted by Crippen LogP contribution is 2.33. The predicted octanol–water partition coefficient (Wildman–Crippen LogP) is 3.75. The van der Waals surface area contributed by atoms with Crippen molar-refractivity contribution < 1.29 is 9.66 Å². The molecule has 1 N–H and O–H groups in total. The van der Waals surface area contributed by atoms with Gasteiger partial charge in [-0.1, -0.05) is 6.07 Å². The first kappa shape index (κ1) is 14.8. The Bertz CT molecular complexity index is 699. The Labute approximate surface area is 122 Å². The number of anilines is 1. The van der Waals surface area contributed by atoms with Gasteiger partial charge in [-0.05, 0) is 49.6 Å². The van der Waals surface area contributed by atoms with Gasteiger partial charge in [-0.3, -0.25) is 10.1 Å². The monoisotopic (exact) mass is 287 g/mol. The molecular formula is C15H17N3O3. The van der Waals surface area contributed by atoms with E-state index in [9.17, 15) is 10.1 Å². The second kappa shape index (κ2) is 5.78. The van der Waals surface area contributed by atoms with Crippen LogP contribution in [0.5, 0.6) is 11.6 Å². The molecule has 0 amide bonds. The summed E-state index contributed by atoms with van der Waals surface area (Å²) in [6, 6.07) is 6.80. The zero-order valence-corrected chi connectivity index (χ0v) is 12.4. The lowest BCUT2D eigenvalue weighted by Crippen LogP contribution is -2.00. The molecule has 21 heavy (non-hydrogen) atoms. The number of nitro groups is 1. The van der Waals surface area contributed by atoms with Gasteiger partial charge in [-0.2, -0.15) is 4.98 Å². The summed E-state index contributed by atoms with van der Waals surface area (Å²) in [7, 11) is 1.69. The van der Waals surface area contributed by atoms with Gasteiger partial charge in [0.15, 0.2) is 0 Å². The van der Waals surface area contributed by atoms with Gasteiger partial charge in [0.05, 0.1) is 4.92 Å². The van der Waals surface area contributed by atoms with Crippen LogP contribution in [-0.4, -0.2) is 17.0 Å². The molecule has 0 fully saturated rings. The first-order valence-electron chi connectivity index (χ1n) is 6.51. The van der Waals surface area contributed by atoms with Gasteiger partial charge in [0.1, 0.15) is 11.6 Å². The maximum absolute atomic E-state index is 11.1. The van der Waals surface area contributed by atoms with Crippen LogP contribution in [0.2, 0.25) is 0 Å². The zero-order chi connectivity index (χ0) is 15.6. The fourth-order valence-electron chi connectivity index (χ4n) is 2.00. The van der Waals surface area contributed by atoms with Gasteiger partial charge in [0.2, 0.25) is 0 Å². The van der Waals surface area contributed by atoms with Gasteiger partial charge in [0.25, 0.3) is 0 Å². The Balaban J connectivity index is 2.50. The Hall–Kier alpha value is -2.63. The molecule has 1 aromatic heterocycles. The molecule has 2 aromatic rings. The Morgan fingerprint density at radius 3 is 2.57 bits per heavy atom. The molecule has 0 aliphatic rings. The lowest BCUT2D eigenvalue weighted by Gasteiger charge is -2.12. The van der Waals surface area contributed by atoms with Crippen molar-refractivity contribution in [3.8, 4) is 11.6 Å². The number of pyridine rings is 1. The van der Waals surface area contributed by atoms with Crippen LogP contribution in [0.1, 0.15) is 16.7 Å². The largest absolute Gasteiger partial charge is 0.433 e. The van der Waals surface area contributed by atoms with Gasteiger partial charge in [0, 0.05) is 13.1 Å². The molecule has 110 valence electrons. The number of rotatable bonds is 4. The van der Waals surface area contributed by atoms with Crippen molar-refractivity contribution in [2.24, 2.45) is 0 Å². The maximum Gasteiger partial charge on any atom is 0.331 e. The van der Waals surface area contributed by atoms with Crippen molar-refractivity contribution in [1.29, 1.82) is 0 Å². The third-order valence-electron chi connectivity index (χ3n) is 3.26. The number of nitrogens with zero attached hydrogens (tertiary/aromatic N) is 2. The van der Waals surface area contributed by atoms with Gasteiger partial charge >= 0.3 is 11.6 Å². The number of hydrogen-bond acceptors (Lipinski definition) is 5. The molecule has 0 aliphatic carbocycles. The fraction of sp³-hybridized carbons (Fsp3) is 0.267. The van der Waals surface area contributed by atoms with E-state index in [1.54, 1.807) is 13.1 Å². The van der Waals surface area contributed by atoms with E-state index in [1.165, 1.54) is 6.07 Å². The maximum atomic E-state index is 11.1. The molecule has 0 unspecified atom stereocenters. The minimum Gasteiger partial charge on any atom is -0.433 e. The van der Waals surface area contributed by atoms with Gasteiger partial charge < -0.3 is 10.1 Å². The van der Waals surface area contributed by atoms with E-state index in [2.05, 4.69) is 10.3 Å². The normalized spacial score (nSPS) is 10.3. The van der Waals surface area contributed by atoms with Crippen molar-refractivity contribution in [3.05, 3.63) is 51.1 Å². The Morgan fingerprint density at radius 1 is 1.24 bits per heavy atom. The van der Waals surface area contributed by atoms with Crippen LogP contribution in [0, 0.1) is 30.9 Å². The minimum absolute atomic E-state index is 0.0139. The molecular weight excluding hydrogens is 270 g/mol. The number of nitrogens with one attached hydrogen (secondary N) is 1. The smallest absolute Gasteiger partial charge is 0.331 e. The highest BCUT2D eigenvalue weighted by Gasteiger charge is 2.19. The highest BCUT2D eigenvalue weighted by molar-refractivity contribution is 5.52. The highest BCUT2D eigenvalue weighted by atomic mass is 16.6. The Morgan fingerprint density at radius 2 is 1.95 bits per heavy atom. The van der Waals surface area contributed by atoms with Crippen LogP contribution >= 0.6 is 0 Å². The molecule has 0 radical (unpaired) electrons. The minimum atomic E-state index is -0.500. The summed E-state index contributed by atoms with van der Waals surface area (Å²) in [6.07, 6.45) is 0. The number of aryl methyl sites for hydroxylation is 2. The standard InChI is InChI=1S/C15H17N3O3/c1-9-7-10(2)11(3)13(8-9)21-15-12(18(19)20)5-6-14(16-4)17-15/h5-8H,1-4H3,(H,16,17). The molecule has 0 atom stereocenters. The lowest BCUT2D eigenvalue weighted by atomic mass is 10.1. The van der Waals surface area contributed by atoms with Gasteiger partial charge in [-0.25, -0.2) is 0 Å². The molecule has 6 nitrogen and oxygen atoms in total. The van der Waals surface area contributed by atoms with E-state index >= 15 is 0 Å². The lowest BCUT2D eigenvalue weighted by molar-refractivity contribution is -0.386. The van der Waals surface area contributed by atoms with Crippen LogP contribution in [0.3, 0.4) is 0 Å². The van der Waals surface area contributed by atoms with Crippen molar-refractivity contribution in [1.82, 2.24) is 4.98 Å². The molecule has 1 heterocycles. The summed E-state index contributed by atoms with van der Waals surface area (Å²) in [6.45, 7) is 5.84. The first-order valence-corrected chi connectivity index (χ1v) is 6.51. The van der Waals surface area contributed by atoms with Crippen molar-refractivity contribution in [2.45, 2.75) is 20.8 Å². The molecule has 0 saturated heterocycles. The summed E-state index contributed by atoms with van der Waals surface area (Å²) >= 11 is 0. The van der Waals surface area contributed by atoms with Gasteiger partial charge in [-0.15, -0.1) is 0 Å². The van der Waals surface area contributed by atoms with E-state index in [0.29, 0.717) is 11.6 Å². The Kier molecular flexibility index (Phi) is 4.07. The zero-order valence-electron chi connectivity index (χ0n) is 12.4. The van der Waals surface area contributed by atoms with E-state index in [1.807, 2.05) is 32.9 Å². The van der Waals surface area contributed by atoms with E-state index < -0.39 is 4.92 Å². The van der Waals surface area contributed by atoms with Crippen molar-refractivity contribution in [2.75, 3.05) is 12.4 Å². The van der Waals surface area contributed by atoms with Crippen LogP contribution < -0.4 is 10.1 Å². The average Bonchev–Trinajstić information content (AvgIpc) is 2.43. The molecule has 1 aromatic carbocycles. The fourth-order valence-corrected chi connectivity index (χ4v) is 2.00. The average molecular weight is 287 g/mol. The molecule has 0 saturated carbocycles. The van der Waals surface area contributed by atoms with Crippen molar-refractivity contribution in [3.63, 3.8) is 0 Å². The summed E-state index contributed by atoms with van der Waals surface area (Å²) in [5, 5.41) is 13.9. The summed E-state index contributed by atoms with van der Waals surface area (Å²) in [5.74, 6) is 1.08. The third kappa shape index (κ3) is 3.10. The SMILES string of the molecule is CNc1ccc([N+](=O)[O-])c(Oc2cc(C)cc(C)c2C)n1. The van der Waals surface area contributed by atoms with Crippen LogP contribution in [0.4, 0.5) is 11.5 Å². The van der Waals surface area contributed by atoms with E-state index in [0.717, 1.165) is 16.7 Å². The predicted molar refractivity (Wildman–Crippen MR) is 81.2 cm³/mol. The molecule has 2 rings (SSSR count). The molecule has 0 aliphatic heterocycles. The van der Waals surface area contributed by atoms with E-state index in [-0.39, 0.29) is 11.6 Å². The molecule has 0 spiro atoms. The number of aromatic nitrogens is 1. The first-order chi connectivity index (χ1) is 9.92. The number of benzene rings is 1. The quantitative estimate of drug-likeness (QED) is 0.684. The summed E-state index contributed by atoms with van der Waals surface area (Å²) < 4.78 is 5.71. The molecule has 6 heteroatoms. The molecule has 0 bridgehead atoms. The van der Waals surface area contributed by atoms with Crippen molar-refractivity contribution >= 4 is 11.5 Å². The third-order valence-corrected chi connectivity index (χ3v) is 3.26. The summed E-state index contributed by atoms with van der Waals surface area (Å²) in [5.41, 5.74) is 2.87. The van der Waals surface area contributed by atoms with Crippen LogP contribution in [-0.2, 0) is 0 Å². The number of ether oxygens (including phenoxy) is 1. The van der Waals surface area contributed by atoms with Crippen LogP contribution in [0.25, 0.3) is 0 Å².